The molecule has 2 heterocycles. The largest absolute Gasteiger partial charge is 0.469 e. The van der Waals surface area contributed by atoms with Gasteiger partial charge in [0.2, 0.25) is 0 Å². The van der Waals surface area contributed by atoms with Gasteiger partial charge in [-0.25, -0.2) is 0 Å². The molecule has 0 atom stereocenters. The SMILES string of the molecule is COC(=O)Cc1ccc(Oc2nc3sccn3c2[N+](=O)[O-])cc1. The molecule has 2 aromatic heterocycles. The standard InChI is InChI=1S/C14H11N3O5S/c1-21-11(18)8-9-2-4-10(5-3-9)22-12-13(17(19)20)16-6-7-23-14(16)15-12/h2-7H,8H2,1H3. The summed E-state index contributed by atoms with van der Waals surface area (Å²) < 4.78 is 11.5. The van der Waals surface area contributed by atoms with Crippen LogP contribution in [0.3, 0.4) is 0 Å². The van der Waals surface area contributed by atoms with E-state index in [-0.39, 0.29) is 24.1 Å². The van der Waals surface area contributed by atoms with E-state index in [1.807, 2.05) is 0 Å². The normalized spacial score (nSPS) is 10.7. The average molecular weight is 333 g/mol. The maximum Gasteiger partial charge on any atom is 0.393 e. The Morgan fingerprint density at radius 1 is 1.39 bits per heavy atom. The van der Waals surface area contributed by atoms with Crippen LogP contribution in [0.5, 0.6) is 11.6 Å². The van der Waals surface area contributed by atoms with Gasteiger partial charge in [0.25, 0.3) is 4.96 Å². The summed E-state index contributed by atoms with van der Waals surface area (Å²) in [7, 11) is 1.32. The van der Waals surface area contributed by atoms with Crippen LogP contribution >= 0.6 is 11.3 Å². The first kappa shape index (κ1) is 15.0. The van der Waals surface area contributed by atoms with Crippen LogP contribution in [-0.2, 0) is 16.0 Å². The number of thiazole rings is 1. The predicted molar refractivity (Wildman–Crippen MR) is 82.0 cm³/mol. The molecular weight excluding hydrogens is 322 g/mol. The lowest BCUT2D eigenvalue weighted by Gasteiger charge is -2.04. The number of esters is 1. The van der Waals surface area contributed by atoms with Gasteiger partial charge in [-0.2, -0.15) is 9.38 Å². The molecule has 0 radical (unpaired) electrons. The molecule has 0 saturated carbocycles. The minimum atomic E-state index is -0.534. The number of carbonyl (C=O) groups is 1. The third-order valence-corrected chi connectivity index (χ3v) is 3.85. The van der Waals surface area contributed by atoms with E-state index in [9.17, 15) is 14.9 Å². The zero-order chi connectivity index (χ0) is 16.4. The van der Waals surface area contributed by atoms with Gasteiger partial charge in [0.15, 0.2) is 0 Å². The number of imidazole rings is 1. The van der Waals surface area contributed by atoms with Crippen molar-refractivity contribution in [3.63, 3.8) is 0 Å². The summed E-state index contributed by atoms with van der Waals surface area (Å²) in [5.74, 6) is -0.237. The van der Waals surface area contributed by atoms with Gasteiger partial charge in [0.05, 0.1) is 13.5 Å². The number of carbonyl (C=O) groups excluding carboxylic acids is 1. The first-order chi connectivity index (χ1) is 11.1. The van der Waals surface area contributed by atoms with E-state index in [1.165, 1.54) is 22.8 Å². The monoisotopic (exact) mass is 333 g/mol. The summed E-state index contributed by atoms with van der Waals surface area (Å²) in [6.07, 6.45) is 1.72. The average Bonchev–Trinajstić information content (AvgIpc) is 3.09. The van der Waals surface area contributed by atoms with Crippen LogP contribution in [0.15, 0.2) is 35.8 Å². The number of methoxy groups -OCH3 is 1. The number of hydrogen-bond acceptors (Lipinski definition) is 7. The Labute approximate surface area is 134 Å². The Kier molecular flexibility index (Phi) is 3.94. The van der Waals surface area contributed by atoms with Crippen LogP contribution in [0.4, 0.5) is 5.82 Å². The molecular formula is C14H11N3O5S. The number of fused-ring (bicyclic) bond motifs is 1. The minimum absolute atomic E-state index is 0.0671. The molecule has 0 bridgehead atoms. The molecule has 8 nitrogen and oxygen atoms in total. The van der Waals surface area contributed by atoms with Gasteiger partial charge in [-0.3, -0.25) is 4.79 Å². The lowest BCUT2D eigenvalue weighted by Crippen LogP contribution is -2.04. The minimum Gasteiger partial charge on any atom is -0.469 e. The van der Waals surface area contributed by atoms with Gasteiger partial charge in [-0.15, -0.1) is 0 Å². The van der Waals surface area contributed by atoms with E-state index >= 15 is 0 Å². The van der Waals surface area contributed by atoms with E-state index in [0.29, 0.717) is 10.7 Å². The van der Waals surface area contributed by atoms with Crippen LogP contribution in [0.2, 0.25) is 0 Å². The van der Waals surface area contributed by atoms with Crippen LogP contribution in [0.25, 0.3) is 4.96 Å². The zero-order valence-corrected chi connectivity index (χ0v) is 12.8. The predicted octanol–water partition coefficient (Wildman–Crippen LogP) is 2.81. The Hall–Kier alpha value is -2.94. The Morgan fingerprint density at radius 3 is 2.78 bits per heavy atom. The molecule has 0 aliphatic heterocycles. The van der Waals surface area contributed by atoms with Crippen molar-refractivity contribution in [1.29, 1.82) is 0 Å². The molecule has 0 saturated heterocycles. The van der Waals surface area contributed by atoms with E-state index in [1.54, 1.807) is 35.8 Å². The topological polar surface area (TPSA) is 96.0 Å². The lowest BCUT2D eigenvalue weighted by atomic mass is 10.1. The summed E-state index contributed by atoms with van der Waals surface area (Å²) in [4.78, 5) is 26.5. The second-order valence-electron chi connectivity index (χ2n) is 4.55. The van der Waals surface area contributed by atoms with E-state index in [0.717, 1.165) is 5.56 Å². The molecule has 3 aromatic rings. The molecule has 23 heavy (non-hydrogen) atoms. The summed E-state index contributed by atoms with van der Waals surface area (Å²) in [5, 5.41) is 12.9. The molecule has 0 aliphatic rings. The van der Waals surface area contributed by atoms with Gasteiger partial charge in [0.1, 0.15) is 11.9 Å². The van der Waals surface area contributed by atoms with Crippen molar-refractivity contribution in [1.82, 2.24) is 9.38 Å². The molecule has 3 rings (SSSR count). The van der Waals surface area contributed by atoms with Crippen molar-refractivity contribution < 1.29 is 19.2 Å². The third-order valence-electron chi connectivity index (χ3n) is 3.09. The van der Waals surface area contributed by atoms with E-state index in [2.05, 4.69) is 9.72 Å². The number of nitrogens with zero attached hydrogens (tertiary/aromatic N) is 3. The molecule has 1 aromatic carbocycles. The molecule has 0 amide bonds. The number of aromatic nitrogens is 2. The smallest absolute Gasteiger partial charge is 0.393 e. The highest BCUT2D eigenvalue weighted by molar-refractivity contribution is 7.15. The lowest BCUT2D eigenvalue weighted by molar-refractivity contribution is -0.391. The number of benzene rings is 1. The second-order valence-corrected chi connectivity index (χ2v) is 5.43. The van der Waals surface area contributed by atoms with Crippen LogP contribution in [-0.4, -0.2) is 27.4 Å². The second kappa shape index (κ2) is 6.05. The number of nitro groups is 1. The van der Waals surface area contributed by atoms with Gasteiger partial charge < -0.3 is 19.6 Å². The quantitative estimate of drug-likeness (QED) is 0.405. The van der Waals surface area contributed by atoms with Gasteiger partial charge in [-0.1, -0.05) is 23.5 Å². The molecule has 0 aliphatic carbocycles. The molecule has 9 heteroatoms. The highest BCUT2D eigenvalue weighted by atomic mass is 32.1. The molecule has 0 fully saturated rings. The summed E-state index contributed by atoms with van der Waals surface area (Å²) in [5.41, 5.74) is 0.754. The number of hydrogen-bond donors (Lipinski definition) is 0. The summed E-state index contributed by atoms with van der Waals surface area (Å²) in [6.45, 7) is 0. The van der Waals surface area contributed by atoms with Crippen molar-refractivity contribution in [3.05, 3.63) is 51.5 Å². The maximum absolute atomic E-state index is 11.2. The van der Waals surface area contributed by atoms with Gasteiger partial charge in [-0.05, 0) is 22.6 Å². The highest BCUT2D eigenvalue weighted by Crippen LogP contribution is 2.33. The zero-order valence-electron chi connectivity index (χ0n) is 12.0. The number of rotatable bonds is 5. The maximum atomic E-state index is 11.2. The Morgan fingerprint density at radius 2 is 2.13 bits per heavy atom. The molecule has 118 valence electrons. The van der Waals surface area contributed by atoms with Crippen molar-refractivity contribution >= 4 is 28.1 Å². The fraction of sp³-hybridized carbons (Fsp3) is 0.143. The van der Waals surface area contributed by atoms with E-state index < -0.39 is 4.92 Å². The van der Waals surface area contributed by atoms with Gasteiger partial charge in [0, 0.05) is 5.38 Å². The Bertz CT molecular complexity index is 868. The van der Waals surface area contributed by atoms with Crippen molar-refractivity contribution in [2.24, 2.45) is 0 Å². The van der Waals surface area contributed by atoms with E-state index in [4.69, 9.17) is 4.74 Å². The molecule has 0 unspecified atom stereocenters. The molecule has 0 N–H and O–H groups in total. The third kappa shape index (κ3) is 2.99. The first-order valence-corrected chi connectivity index (χ1v) is 7.40. The van der Waals surface area contributed by atoms with Crippen LogP contribution in [0.1, 0.15) is 5.56 Å². The van der Waals surface area contributed by atoms with Crippen LogP contribution < -0.4 is 4.74 Å². The van der Waals surface area contributed by atoms with Gasteiger partial charge >= 0.3 is 17.7 Å². The fourth-order valence-corrected chi connectivity index (χ4v) is 2.72. The highest BCUT2D eigenvalue weighted by Gasteiger charge is 2.25. The molecule has 0 spiro atoms. The summed E-state index contributed by atoms with van der Waals surface area (Å²) >= 11 is 1.28. The van der Waals surface area contributed by atoms with Crippen molar-refractivity contribution in [2.45, 2.75) is 6.42 Å². The fourth-order valence-electron chi connectivity index (χ4n) is 2.01. The first-order valence-electron chi connectivity index (χ1n) is 6.52. The Balaban J connectivity index is 1.84. The van der Waals surface area contributed by atoms with Crippen molar-refractivity contribution in [3.8, 4) is 11.6 Å². The number of ether oxygens (including phenoxy) is 2. The van der Waals surface area contributed by atoms with Crippen molar-refractivity contribution in [2.75, 3.05) is 7.11 Å². The van der Waals surface area contributed by atoms with Crippen LogP contribution in [0, 0.1) is 10.1 Å². The summed E-state index contributed by atoms with van der Waals surface area (Å²) in [6, 6.07) is 6.62.